The monoisotopic (exact) mass is 345 g/mol. The number of nitrogens with zero attached hydrogens (tertiary/aromatic N) is 1. The predicted molar refractivity (Wildman–Crippen MR) is 94.0 cm³/mol. The minimum atomic E-state index is -0.777. The first-order valence-corrected chi connectivity index (χ1v) is 9.09. The number of carboxylic acids is 1. The predicted octanol–water partition coefficient (Wildman–Crippen LogP) is 3.26. The summed E-state index contributed by atoms with van der Waals surface area (Å²) in [5, 5.41) is 9.30. The maximum absolute atomic E-state index is 13.2. The summed E-state index contributed by atoms with van der Waals surface area (Å²) >= 11 is 0. The number of rotatable bonds is 3. The molecule has 1 aromatic rings. The number of carbonyl (C=O) groups excluding carboxylic acids is 1. The van der Waals surface area contributed by atoms with Crippen molar-refractivity contribution in [1.82, 2.24) is 4.90 Å². The van der Waals surface area contributed by atoms with Crippen molar-refractivity contribution in [2.24, 2.45) is 11.8 Å². The fourth-order valence-corrected chi connectivity index (χ4v) is 3.96. The highest BCUT2D eigenvalue weighted by atomic mass is 16.5. The average molecular weight is 345 g/mol. The molecule has 1 saturated carbocycles. The molecule has 0 radical (unpaired) electrons. The Morgan fingerprint density at radius 3 is 2.52 bits per heavy atom. The molecule has 0 bridgehead atoms. The summed E-state index contributed by atoms with van der Waals surface area (Å²) in [6.07, 6.45) is 2.60. The molecule has 3 unspecified atom stereocenters. The summed E-state index contributed by atoms with van der Waals surface area (Å²) in [5.41, 5.74) is 0.696. The largest absolute Gasteiger partial charge is 0.481 e. The van der Waals surface area contributed by atoms with Gasteiger partial charge in [0.05, 0.1) is 24.6 Å². The number of amides is 1. The van der Waals surface area contributed by atoms with Crippen molar-refractivity contribution in [1.29, 1.82) is 0 Å². The van der Waals surface area contributed by atoms with Gasteiger partial charge in [-0.15, -0.1) is 0 Å². The normalized spacial score (nSPS) is 29.2. The first-order valence-electron chi connectivity index (χ1n) is 9.09. The molecule has 2 aliphatic rings. The van der Waals surface area contributed by atoms with Crippen molar-refractivity contribution in [3.05, 3.63) is 35.9 Å². The van der Waals surface area contributed by atoms with Crippen molar-refractivity contribution >= 4 is 11.9 Å². The molecule has 136 valence electrons. The third-order valence-electron chi connectivity index (χ3n) is 5.53. The van der Waals surface area contributed by atoms with Gasteiger partial charge in [0.25, 0.3) is 0 Å². The van der Waals surface area contributed by atoms with E-state index in [4.69, 9.17) is 4.74 Å². The standard InChI is InChI=1S/C20H27NO4/c1-20(2)13-25-17(14-7-4-3-5-8-14)12-21(20)18(22)15-9-6-10-16(11-15)19(23)24/h3-5,7-8,15-17H,6,9-13H2,1-2H3,(H,23,24). The van der Waals surface area contributed by atoms with Gasteiger partial charge in [-0.05, 0) is 38.7 Å². The van der Waals surface area contributed by atoms with E-state index in [0.717, 1.165) is 18.4 Å². The smallest absolute Gasteiger partial charge is 0.306 e. The van der Waals surface area contributed by atoms with E-state index in [0.29, 0.717) is 26.0 Å². The summed E-state index contributed by atoms with van der Waals surface area (Å²) in [5.74, 6) is -1.28. The average Bonchev–Trinajstić information content (AvgIpc) is 2.62. The molecule has 25 heavy (non-hydrogen) atoms. The number of hydrogen-bond donors (Lipinski definition) is 1. The van der Waals surface area contributed by atoms with Gasteiger partial charge in [0.15, 0.2) is 0 Å². The molecule has 1 amide bonds. The zero-order chi connectivity index (χ0) is 18.0. The number of carboxylic acid groups (broad SMARTS) is 1. The molecule has 2 fully saturated rings. The number of hydrogen-bond acceptors (Lipinski definition) is 3. The van der Waals surface area contributed by atoms with E-state index in [1.807, 2.05) is 49.1 Å². The first kappa shape index (κ1) is 17.9. The highest BCUT2D eigenvalue weighted by Crippen LogP contribution is 2.36. The van der Waals surface area contributed by atoms with Gasteiger partial charge in [0, 0.05) is 5.92 Å². The number of carbonyl (C=O) groups is 2. The maximum Gasteiger partial charge on any atom is 0.306 e. The van der Waals surface area contributed by atoms with E-state index in [1.165, 1.54) is 0 Å². The van der Waals surface area contributed by atoms with Crippen molar-refractivity contribution in [3.63, 3.8) is 0 Å². The van der Waals surface area contributed by atoms with Crippen LogP contribution in [0.5, 0.6) is 0 Å². The zero-order valence-corrected chi connectivity index (χ0v) is 15.0. The van der Waals surface area contributed by atoms with E-state index in [1.54, 1.807) is 0 Å². The van der Waals surface area contributed by atoms with Crippen LogP contribution >= 0.6 is 0 Å². The molecule has 1 aromatic carbocycles. The van der Waals surface area contributed by atoms with Gasteiger partial charge < -0.3 is 14.7 Å². The van der Waals surface area contributed by atoms with Crippen LogP contribution in [0.15, 0.2) is 30.3 Å². The Hall–Kier alpha value is -1.88. The van der Waals surface area contributed by atoms with Gasteiger partial charge in [-0.3, -0.25) is 9.59 Å². The van der Waals surface area contributed by atoms with Gasteiger partial charge in [0.1, 0.15) is 6.10 Å². The fourth-order valence-electron chi connectivity index (χ4n) is 3.96. The maximum atomic E-state index is 13.2. The highest BCUT2D eigenvalue weighted by Gasteiger charge is 2.42. The molecule has 0 aromatic heterocycles. The quantitative estimate of drug-likeness (QED) is 0.913. The highest BCUT2D eigenvalue weighted by molar-refractivity contribution is 5.81. The molecule has 0 spiro atoms. The summed E-state index contributed by atoms with van der Waals surface area (Å²) in [4.78, 5) is 26.4. The summed E-state index contributed by atoms with van der Waals surface area (Å²) in [6, 6.07) is 9.96. The molecular formula is C20H27NO4. The Bertz CT molecular complexity index is 628. The lowest BCUT2D eigenvalue weighted by molar-refractivity contribution is -0.161. The topological polar surface area (TPSA) is 66.8 Å². The van der Waals surface area contributed by atoms with Crippen LogP contribution in [0.4, 0.5) is 0 Å². The molecular weight excluding hydrogens is 318 g/mol. The lowest BCUT2D eigenvalue weighted by Crippen LogP contribution is -2.58. The van der Waals surface area contributed by atoms with E-state index in [9.17, 15) is 14.7 Å². The van der Waals surface area contributed by atoms with Crippen LogP contribution in [0, 0.1) is 11.8 Å². The van der Waals surface area contributed by atoms with Gasteiger partial charge in [0.2, 0.25) is 5.91 Å². The van der Waals surface area contributed by atoms with Crippen LogP contribution in [-0.2, 0) is 14.3 Å². The third-order valence-corrected chi connectivity index (χ3v) is 5.53. The Morgan fingerprint density at radius 1 is 1.16 bits per heavy atom. The Labute approximate surface area is 149 Å². The van der Waals surface area contributed by atoms with Gasteiger partial charge in [-0.25, -0.2) is 0 Å². The molecule has 1 heterocycles. The fraction of sp³-hybridized carbons (Fsp3) is 0.600. The van der Waals surface area contributed by atoms with Gasteiger partial charge in [-0.2, -0.15) is 0 Å². The van der Waals surface area contributed by atoms with Crippen molar-refractivity contribution in [3.8, 4) is 0 Å². The summed E-state index contributed by atoms with van der Waals surface area (Å²) in [6.45, 7) is 5.03. The molecule has 5 nitrogen and oxygen atoms in total. The van der Waals surface area contributed by atoms with Gasteiger partial charge in [-0.1, -0.05) is 36.8 Å². The molecule has 3 rings (SSSR count). The number of aliphatic carboxylic acids is 1. The van der Waals surface area contributed by atoms with E-state index >= 15 is 0 Å². The van der Waals surface area contributed by atoms with Crippen LogP contribution in [0.1, 0.15) is 51.2 Å². The third kappa shape index (κ3) is 3.87. The summed E-state index contributed by atoms with van der Waals surface area (Å²) in [7, 11) is 0. The molecule has 3 atom stereocenters. The van der Waals surface area contributed by atoms with E-state index in [-0.39, 0.29) is 23.5 Å². The Balaban J connectivity index is 1.75. The summed E-state index contributed by atoms with van der Waals surface area (Å²) < 4.78 is 6.02. The second kappa shape index (κ2) is 7.16. The van der Waals surface area contributed by atoms with Crippen molar-refractivity contribution in [2.45, 2.75) is 51.2 Å². The van der Waals surface area contributed by atoms with Crippen LogP contribution < -0.4 is 0 Å². The van der Waals surface area contributed by atoms with Crippen LogP contribution in [0.25, 0.3) is 0 Å². The molecule has 1 aliphatic heterocycles. The molecule has 1 aliphatic carbocycles. The second-order valence-corrected chi connectivity index (χ2v) is 7.87. The van der Waals surface area contributed by atoms with Crippen LogP contribution in [0.2, 0.25) is 0 Å². The number of morpholine rings is 1. The number of ether oxygens (including phenoxy) is 1. The van der Waals surface area contributed by atoms with Gasteiger partial charge >= 0.3 is 5.97 Å². The lowest BCUT2D eigenvalue weighted by Gasteiger charge is -2.47. The van der Waals surface area contributed by atoms with Crippen molar-refractivity contribution < 1.29 is 19.4 Å². The van der Waals surface area contributed by atoms with E-state index in [2.05, 4.69) is 0 Å². The minimum Gasteiger partial charge on any atom is -0.481 e. The number of benzene rings is 1. The zero-order valence-electron chi connectivity index (χ0n) is 15.0. The second-order valence-electron chi connectivity index (χ2n) is 7.87. The Morgan fingerprint density at radius 2 is 1.84 bits per heavy atom. The lowest BCUT2D eigenvalue weighted by atomic mass is 9.80. The molecule has 1 saturated heterocycles. The Kier molecular flexibility index (Phi) is 5.13. The minimum absolute atomic E-state index is 0.0835. The molecule has 1 N–H and O–H groups in total. The van der Waals surface area contributed by atoms with Crippen LogP contribution in [0.3, 0.4) is 0 Å². The van der Waals surface area contributed by atoms with E-state index < -0.39 is 11.9 Å². The molecule has 5 heteroatoms. The SMILES string of the molecule is CC1(C)COC(c2ccccc2)CN1C(=O)C1CCCC(C(=O)O)C1. The van der Waals surface area contributed by atoms with Crippen LogP contribution in [-0.4, -0.2) is 40.6 Å². The van der Waals surface area contributed by atoms with Crippen molar-refractivity contribution in [2.75, 3.05) is 13.2 Å². The first-order chi connectivity index (χ1) is 11.9.